The number of alkyl halides is 1. The topological polar surface area (TPSA) is 3.24 Å². The zero-order chi connectivity index (χ0) is 12.0. The largest absolute Gasteiger partial charge is 0.364 e. The van der Waals surface area contributed by atoms with E-state index in [4.69, 9.17) is 0 Å². The summed E-state index contributed by atoms with van der Waals surface area (Å²) in [4.78, 5) is 2.68. The number of nitrogens with zero attached hydrogens (tertiary/aromatic N) is 1. The van der Waals surface area contributed by atoms with E-state index in [1.54, 1.807) is 5.56 Å². The second-order valence-electron chi connectivity index (χ2n) is 5.60. The highest BCUT2D eigenvalue weighted by Crippen LogP contribution is 2.50. The fourth-order valence-corrected chi connectivity index (χ4v) is 4.94. The highest BCUT2D eigenvalue weighted by Gasteiger charge is 2.44. The molecule has 1 saturated carbocycles. The van der Waals surface area contributed by atoms with Crippen molar-refractivity contribution in [2.45, 2.75) is 55.0 Å². The van der Waals surface area contributed by atoms with Gasteiger partial charge in [-0.15, -0.1) is 0 Å². The molecule has 0 saturated heterocycles. The normalized spacial score (nSPS) is 31.5. The quantitative estimate of drug-likeness (QED) is 0.542. The van der Waals surface area contributed by atoms with Gasteiger partial charge in [-0.3, -0.25) is 0 Å². The van der Waals surface area contributed by atoms with E-state index in [9.17, 15) is 0 Å². The van der Waals surface area contributed by atoms with Gasteiger partial charge in [0.05, 0.1) is 0 Å². The third-order valence-corrected chi connectivity index (χ3v) is 5.63. The van der Waals surface area contributed by atoms with Crippen LogP contribution in [0, 0.1) is 0 Å². The first-order valence-corrected chi connectivity index (χ1v) is 7.96. The van der Waals surface area contributed by atoms with Crippen molar-refractivity contribution in [3.8, 4) is 0 Å². The van der Waals surface area contributed by atoms with Crippen LogP contribution in [-0.2, 0) is 0 Å². The van der Waals surface area contributed by atoms with Gasteiger partial charge in [-0.1, -0.05) is 47.2 Å². The summed E-state index contributed by atoms with van der Waals surface area (Å²) in [6.07, 6.45) is 4.17. The predicted molar refractivity (Wildman–Crippen MR) is 82.2 cm³/mol. The lowest BCUT2D eigenvalue weighted by atomic mass is 9.82. The minimum atomic E-state index is 0.613. The monoisotopic (exact) mass is 341 g/mol. The molecule has 1 heterocycles. The molecule has 0 aromatic heterocycles. The maximum atomic E-state index is 2.68. The molecule has 1 aromatic carbocycles. The summed E-state index contributed by atoms with van der Waals surface area (Å²) in [5.41, 5.74) is 3.11. The second-order valence-corrected chi connectivity index (χ2v) is 7.20. The number of halogens is 1. The SMILES string of the molecule is CC(C)N1c2ccccc2[C@@H]2CCC[C@@H](I)[C@@H]21. The standard InChI is InChI=1S/C15H20IN/c1-10(2)17-14-9-4-3-6-11(14)12-7-5-8-13(16)15(12)17/h3-4,6,9-10,12-13,15H,5,7-8H2,1-2H3/t12-,13+,15+/m0/s1. The highest BCUT2D eigenvalue weighted by atomic mass is 127. The molecule has 0 N–H and O–H groups in total. The van der Waals surface area contributed by atoms with Crippen LogP contribution < -0.4 is 4.90 Å². The third-order valence-electron chi connectivity index (χ3n) is 4.27. The zero-order valence-corrected chi connectivity index (χ0v) is 12.7. The smallest absolute Gasteiger partial charge is 0.0479 e. The van der Waals surface area contributed by atoms with Crippen LogP contribution in [0.1, 0.15) is 44.6 Å². The van der Waals surface area contributed by atoms with E-state index >= 15 is 0 Å². The van der Waals surface area contributed by atoms with Crippen molar-refractivity contribution < 1.29 is 0 Å². The first kappa shape index (κ1) is 11.8. The number of para-hydroxylation sites is 1. The van der Waals surface area contributed by atoms with E-state index in [0.717, 1.165) is 15.9 Å². The molecule has 3 atom stereocenters. The van der Waals surface area contributed by atoms with Gasteiger partial charge in [-0.25, -0.2) is 0 Å². The number of fused-ring (bicyclic) bond motifs is 3. The van der Waals surface area contributed by atoms with Gasteiger partial charge in [-0.05, 0) is 38.3 Å². The molecular weight excluding hydrogens is 321 g/mol. The summed E-state index contributed by atoms with van der Waals surface area (Å²) in [6, 6.07) is 10.4. The Morgan fingerprint density at radius 1 is 1.24 bits per heavy atom. The Bertz CT molecular complexity index is 415. The molecule has 1 aliphatic heterocycles. The van der Waals surface area contributed by atoms with E-state index < -0.39 is 0 Å². The van der Waals surface area contributed by atoms with Crippen LogP contribution in [0.4, 0.5) is 5.69 Å². The Morgan fingerprint density at radius 3 is 2.76 bits per heavy atom. The number of hydrogen-bond donors (Lipinski definition) is 0. The number of hydrogen-bond acceptors (Lipinski definition) is 1. The molecule has 0 amide bonds. The highest BCUT2D eigenvalue weighted by molar-refractivity contribution is 14.1. The molecule has 1 nitrogen and oxygen atoms in total. The van der Waals surface area contributed by atoms with Gasteiger partial charge in [0.2, 0.25) is 0 Å². The Kier molecular flexibility index (Phi) is 3.09. The summed E-state index contributed by atoms with van der Waals surface area (Å²) in [7, 11) is 0. The number of benzene rings is 1. The fourth-order valence-electron chi connectivity index (χ4n) is 3.65. The first-order valence-electron chi connectivity index (χ1n) is 6.71. The average molecular weight is 341 g/mol. The van der Waals surface area contributed by atoms with Crippen molar-refractivity contribution in [2.24, 2.45) is 0 Å². The summed E-state index contributed by atoms with van der Waals surface area (Å²) < 4.78 is 0.807. The third kappa shape index (κ3) is 1.79. The van der Waals surface area contributed by atoms with Crippen LogP contribution in [0.25, 0.3) is 0 Å². The molecular formula is C15H20IN. The van der Waals surface area contributed by atoms with E-state index in [0.29, 0.717) is 6.04 Å². The molecule has 92 valence electrons. The van der Waals surface area contributed by atoms with Gasteiger partial charge in [-0.2, -0.15) is 0 Å². The first-order chi connectivity index (χ1) is 8.20. The van der Waals surface area contributed by atoms with Crippen molar-refractivity contribution in [3.05, 3.63) is 29.8 Å². The Balaban J connectivity index is 2.08. The van der Waals surface area contributed by atoms with Gasteiger partial charge in [0.25, 0.3) is 0 Å². The van der Waals surface area contributed by atoms with Crippen LogP contribution in [0.5, 0.6) is 0 Å². The van der Waals surface area contributed by atoms with Crippen molar-refractivity contribution in [3.63, 3.8) is 0 Å². The van der Waals surface area contributed by atoms with Gasteiger partial charge in [0.15, 0.2) is 0 Å². The zero-order valence-electron chi connectivity index (χ0n) is 10.6. The van der Waals surface area contributed by atoms with Crippen molar-refractivity contribution in [1.29, 1.82) is 0 Å². The Morgan fingerprint density at radius 2 is 2.00 bits per heavy atom. The molecule has 2 aliphatic rings. The van der Waals surface area contributed by atoms with E-state index in [1.807, 2.05) is 0 Å². The fraction of sp³-hybridized carbons (Fsp3) is 0.600. The van der Waals surface area contributed by atoms with Crippen molar-refractivity contribution in [2.75, 3.05) is 4.90 Å². The van der Waals surface area contributed by atoms with Gasteiger partial charge < -0.3 is 4.90 Å². The molecule has 0 spiro atoms. The molecule has 17 heavy (non-hydrogen) atoms. The van der Waals surface area contributed by atoms with Crippen molar-refractivity contribution >= 4 is 28.3 Å². The second kappa shape index (κ2) is 4.45. The summed E-state index contributed by atoms with van der Waals surface area (Å²) in [5.74, 6) is 0.782. The molecule has 1 aromatic rings. The summed E-state index contributed by atoms with van der Waals surface area (Å²) in [5, 5.41) is 0. The van der Waals surface area contributed by atoms with Gasteiger partial charge in [0.1, 0.15) is 0 Å². The minimum absolute atomic E-state index is 0.613. The molecule has 3 rings (SSSR count). The lowest BCUT2D eigenvalue weighted by molar-refractivity contribution is 0.393. The summed E-state index contributed by atoms with van der Waals surface area (Å²) >= 11 is 2.68. The molecule has 0 radical (unpaired) electrons. The van der Waals surface area contributed by atoms with Crippen LogP contribution in [0.3, 0.4) is 0 Å². The number of rotatable bonds is 1. The molecule has 2 heteroatoms. The van der Waals surface area contributed by atoms with Crippen LogP contribution in [-0.4, -0.2) is 16.0 Å². The van der Waals surface area contributed by atoms with Crippen LogP contribution in [0.2, 0.25) is 0 Å². The molecule has 1 aliphatic carbocycles. The maximum Gasteiger partial charge on any atom is 0.0479 e. The molecule has 0 bridgehead atoms. The van der Waals surface area contributed by atoms with E-state index in [1.165, 1.54) is 24.9 Å². The van der Waals surface area contributed by atoms with Crippen molar-refractivity contribution in [1.82, 2.24) is 0 Å². The minimum Gasteiger partial charge on any atom is -0.364 e. The predicted octanol–water partition coefficient (Wildman–Crippen LogP) is 4.35. The number of anilines is 1. The lowest BCUT2D eigenvalue weighted by Crippen LogP contribution is -2.46. The van der Waals surface area contributed by atoms with E-state index in [2.05, 4.69) is 65.6 Å². The van der Waals surface area contributed by atoms with Gasteiger partial charge >= 0.3 is 0 Å². The van der Waals surface area contributed by atoms with Gasteiger partial charge in [0, 0.05) is 27.6 Å². The Labute approximate surface area is 118 Å². The maximum absolute atomic E-state index is 2.68. The average Bonchev–Trinajstić information content (AvgIpc) is 2.65. The van der Waals surface area contributed by atoms with Crippen LogP contribution in [0.15, 0.2) is 24.3 Å². The lowest BCUT2D eigenvalue weighted by Gasteiger charge is -2.39. The van der Waals surface area contributed by atoms with Crippen LogP contribution >= 0.6 is 22.6 Å². The molecule has 1 fully saturated rings. The van der Waals surface area contributed by atoms with E-state index in [-0.39, 0.29) is 0 Å². The summed E-state index contributed by atoms with van der Waals surface area (Å²) in [6.45, 7) is 4.66. The Hall–Kier alpha value is -0.250. The molecule has 0 unspecified atom stereocenters.